The van der Waals surface area contributed by atoms with Crippen molar-refractivity contribution in [1.29, 1.82) is 0 Å². The van der Waals surface area contributed by atoms with E-state index in [2.05, 4.69) is 5.32 Å². The average molecular weight is 624 g/mol. The number of hydrogen-bond acceptors (Lipinski definition) is 6. The van der Waals surface area contributed by atoms with Crippen LogP contribution in [0, 0.1) is 5.82 Å². The molecule has 13 heteroatoms. The second kappa shape index (κ2) is 13.4. The van der Waals surface area contributed by atoms with Gasteiger partial charge in [-0.15, -0.1) is 0 Å². The van der Waals surface area contributed by atoms with Crippen LogP contribution in [0.5, 0.6) is 5.75 Å². The molecule has 2 heterocycles. The molecule has 0 radical (unpaired) electrons. The Morgan fingerprint density at radius 2 is 1.95 bits per heavy atom. The fourth-order valence-electron chi connectivity index (χ4n) is 4.93. The van der Waals surface area contributed by atoms with Crippen molar-refractivity contribution in [3.63, 3.8) is 0 Å². The second-order valence-electron chi connectivity index (χ2n) is 10.1. The summed E-state index contributed by atoms with van der Waals surface area (Å²) in [6.45, 7) is 4.46. The first-order chi connectivity index (χ1) is 20.0. The van der Waals surface area contributed by atoms with Crippen LogP contribution in [0.1, 0.15) is 43.1 Å². The van der Waals surface area contributed by atoms with Crippen molar-refractivity contribution in [2.45, 2.75) is 52.5 Å². The molecule has 0 aliphatic carbocycles. The molecule has 2 amide bonds. The Balaban J connectivity index is 1.53. The van der Waals surface area contributed by atoms with Crippen molar-refractivity contribution >= 4 is 47.5 Å². The van der Waals surface area contributed by atoms with Crippen molar-refractivity contribution < 1.29 is 37.0 Å². The highest BCUT2D eigenvalue weighted by Gasteiger charge is 2.40. The number of ether oxygens (including phenoxy) is 1. The fourth-order valence-corrected chi connectivity index (χ4v) is 6.38. The lowest BCUT2D eigenvalue weighted by Gasteiger charge is -2.24. The Hall–Kier alpha value is -3.27. The van der Waals surface area contributed by atoms with Crippen LogP contribution in [0.25, 0.3) is 10.9 Å². The molecular weight excluding hydrogens is 591 g/mol. The number of halogens is 3. The summed E-state index contributed by atoms with van der Waals surface area (Å²) in [5.74, 6) is -1.67. The van der Waals surface area contributed by atoms with Crippen LogP contribution in [-0.4, -0.2) is 64.9 Å². The van der Waals surface area contributed by atoms with Gasteiger partial charge in [-0.05, 0) is 32.0 Å². The van der Waals surface area contributed by atoms with Crippen molar-refractivity contribution in [2.75, 3.05) is 25.7 Å². The van der Waals surface area contributed by atoms with E-state index in [4.69, 9.17) is 20.9 Å². The first-order valence-electron chi connectivity index (χ1n) is 13.6. The first kappa shape index (κ1) is 31.7. The predicted molar refractivity (Wildman–Crippen MR) is 155 cm³/mol. The van der Waals surface area contributed by atoms with Crippen molar-refractivity contribution in [2.24, 2.45) is 0 Å². The van der Waals surface area contributed by atoms with Gasteiger partial charge in [0, 0.05) is 47.9 Å². The van der Waals surface area contributed by atoms with Gasteiger partial charge in [-0.3, -0.25) is 18.9 Å². The Labute approximate surface area is 247 Å². The molecule has 0 spiro atoms. The van der Waals surface area contributed by atoms with Crippen LogP contribution in [-0.2, 0) is 31.8 Å². The highest BCUT2D eigenvalue weighted by molar-refractivity contribution is 7.58. The van der Waals surface area contributed by atoms with Crippen molar-refractivity contribution in [3.8, 4) is 5.75 Å². The molecule has 3 atom stereocenters. The van der Waals surface area contributed by atoms with E-state index in [1.165, 1.54) is 25.3 Å². The van der Waals surface area contributed by atoms with E-state index in [0.717, 1.165) is 4.90 Å². The van der Waals surface area contributed by atoms with Gasteiger partial charge in [0.05, 0.1) is 23.7 Å². The van der Waals surface area contributed by atoms with Crippen LogP contribution in [0.4, 0.5) is 8.78 Å². The lowest BCUT2D eigenvalue weighted by atomic mass is 10.1. The number of aromatic nitrogens is 1. The van der Waals surface area contributed by atoms with E-state index in [-0.39, 0.29) is 55.4 Å². The minimum absolute atomic E-state index is 0.0886. The third-order valence-electron chi connectivity index (χ3n) is 7.17. The highest BCUT2D eigenvalue weighted by Crippen LogP contribution is 2.46. The molecule has 4 rings (SSSR count). The number of carbonyl (C=O) groups is 3. The van der Waals surface area contributed by atoms with Crippen molar-refractivity contribution in [1.82, 2.24) is 14.8 Å². The lowest BCUT2D eigenvalue weighted by molar-refractivity contribution is -0.139. The number of rotatable bonds is 12. The summed E-state index contributed by atoms with van der Waals surface area (Å²) in [5.41, 5.74) is 1.04. The Bertz CT molecular complexity index is 1550. The molecule has 3 unspecified atom stereocenters. The van der Waals surface area contributed by atoms with Gasteiger partial charge in [-0.25, -0.2) is 8.78 Å². The third-order valence-corrected chi connectivity index (χ3v) is 9.68. The van der Waals surface area contributed by atoms with E-state index in [9.17, 15) is 27.7 Å². The zero-order valence-corrected chi connectivity index (χ0v) is 25.2. The molecule has 1 fully saturated rings. The van der Waals surface area contributed by atoms with Crippen LogP contribution < -0.4 is 10.1 Å². The summed E-state index contributed by atoms with van der Waals surface area (Å²) < 4.78 is 54.3. The number of ketones is 1. The highest BCUT2D eigenvalue weighted by atomic mass is 35.5. The number of fused-ring (bicyclic) bond motifs is 1. The van der Waals surface area contributed by atoms with E-state index < -0.39 is 37.2 Å². The smallest absolute Gasteiger partial charge is 0.243 e. The van der Waals surface area contributed by atoms with Crippen molar-refractivity contribution in [3.05, 3.63) is 64.6 Å². The quantitative estimate of drug-likeness (QED) is 0.209. The van der Waals surface area contributed by atoms with Gasteiger partial charge in [0.15, 0.2) is 12.1 Å². The monoisotopic (exact) mass is 623 g/mol. The summed E-state index contributed by atoms with van der Waals surface area (Å²) in [6.07, 6.45) is 0.0867. The molecule has 0 saturated carbocycles. The number of alkyl halides is 1. The molecule has 1 N–H and O–H groups in total. The number of likely N-dealkylation sites (tertiary alicyclic amines) is 1. The summed E-state index contributed by atoms with van der Waals surface area (Å²) in [5, 5.41) is 3.06. The number of nitrogens with zero attached hydrogens (tertiary/aromatic N) is 2. The fraction of sp³-hybridized carbons (Fsp3) is 0.414. The SMILES string of the molecule is CCOP(=O)(CC)COc1ccc2c(C(C)=O)cn(CC(=O)N3CC(F)CC3C(=O)NCc3cccc(Cl)c3F)c2c1. The summed E-state index contributed by atoms with van der Waals surface area (Å²) in [7, 11) is -2.98. The molecule has 2 aromatic carbocycles. The molecule has 0 bridgehead atoms. The second-order valence-corrected chi connectivity index (χ2v) is 13.2. The number of benzene rings is 2. The van der Waals surface area contributed by atoms with Gasteiger partial charge in [-0.1, -0.05) is 30.7 Å². The average Bonchev–Trinajstić information content (AvgIpc) is 3.53. The van der Waals surface area contributed by atoms with Crippen LogP contribution in [0.3, 0.4) is 0 Å². The zero-order valence-electron chi connectivity index (χ0n) is 23.6. The minimum Gasteiger partial charge on any atom is -0.483 e. The number of nitrogens with one attached hydrogen (secondary N) is 1. The molecule has 9 nitrogen and oxygen atoms in total. The molecule has 42 heavy (non-hydrogen) atoms. The Morgan fingerprint density at radius 1 is 1.19 bits per heavy atom. The number of Topliss-reactive ketones (excluding diaryl/α,β-unsaturated/α-hetero) is 1. The first-order valence-corrected chi connectivity index (χ1v) is 16.0. The number of amides is 2. The lowest BCUT2D eigenvalue weighted by Crippen LogP contribution is -2.46. The summed E-state index contributed by atoms with van der Waals surface area (Å²) in [6, 6.07) is 8.26. The van der Waals surface area contributed by atoms with Gasteiger partial charge in [-0.2, -0.15) is 0 Å². The third kappa shape index (κ3) is 7.02. The van der Waals surface area contributed by atoms with Crippen LogP contribution in [0.2, 0.25) is 5.02 Å². The predicted octanol–water partition coefficient (Wildman–Crippen LogP) is 5.56. The molecule has 226 valence electrons. The maximum atomic E-state index is 14.5. The van der Waals surface area contributed by atoms with E-state index in [1.54, 1.807) is 42.7 Å². The summed E-state index contributed by atoms with van der Waals surface area (Å²) in [4.78, 5) is 39.9. The number of hydrogen-bond donors (Lipinski definition) is 1. The Morgan fingerprint density at radius 3 is 2.64 bits per heavy atom. The van der Waals surface area contributed by atoms with E-state index >= 15 is 0 Å². The topological polar surface area (TPSA) is 107 Å². The largest absolute Gasteiger partial charge is 0.483 e. The zero-order chi connectivity index (χ0) is 30.6. The van der Waals surface area contributed by atoms with Gasteiger partial charge in [0.25, 0.3) is 0 Å². The molecule has 3 aromatic rings. The molecule has 1 aliphatic rings. The standard InChI is InChI=1S/C29H33ClF2N3O6P/c1-4-41-42(39,5-2)17-40-21-9-10-22-23(18(3)36)15-34(25(22)12-21)16-27(37)35-14-20(31)11-26(35)29(38)33-13-19-7-6-8-24(30)28(19)32/h6-10,12,15,20,26H,4-5,11,13-14,16-17H2,1-3H3,(H,33,38). The summed E-state index contributed by atoms with van der Waals surface area (Å²) >= 11 is 5.81. The van der Waals surface area contributed by atoms with Gasteiger partial charge in [0.1, 0.15) is 30.3 Å². The van der Waals surface area contributed by atoms with E-state index in [1.807, 2.05) is 0 Å². The molecule has 1 aliphatic heterocycles. The van der Waals surface area contributed by atoms with Crippen LogP contribution in [0.15, 0.2) is 42.6 Å². The Kier molecular flexibility index (Phi) is 10.1. The maximum absolute atomic E-state index is 14.5. The maximum Gasteiger partial charge on any atom is 0.243 e. The normalized spacial score (nSPS) is 18.2. The van der Waals surface area contributed by atoms with Gasteiger partial charge >= 0.3 is 0 Å². The minimum atomic E-state index is -2.98. The van der Waals surface area contributed by atoms with Crippen LogP contribution >= 0.6 is 19.0 Å². The molecule has 1 saturated heterocycles. The molecule has 1 aromatic heterocycles. The molecular formula is C29H33ClF2N3O6P. The van der Waals surface area contributed by atoms with Gasteiger partial charge in [0.2, 0.25) is 19.2 Å². The van der Waals surface area contributed by atoms with E-state index in [0.29, 0.717) is 28.4 Å². The van der Waals surface area contributed by atoms with Gasteiger partial charge < -0.3 is 24.0 Å². The number of carbonyl (C=O) groups excluding carboxylic acids is 3.